The molecule has 0 aliphatic carbocycles. The van der Waals surface area contributed by atoms with Crippen molar-refractivity contribution in [2.24, 2.45) is 0 Å². The van der Waals surface area contributed by atoms with Crippen molar-refractivity contribution in [3.63, 3.8) is 0 Å². The second-order valence-electron chi connectivity index (χ2n) is 4.14. The lowest BCUT2D eigenvalue weighted by Gasteiger charge is -1.96. The molecule has 0 fully saturated rings. The van der Waals surface area contributed by atoms with Crippen molar-refractivity contribution in [2.75, 3.05) is 11.5 Å². The van der Waals surface area contributed by atoms with Crippen molar-refractivity contribution < 1.29 is 4.21 Å². The molecule has 98 valence electrons. The highest BCUT2D eigenvalue weighted by molar-refractivity contribution is 7.87. The number of rotatable bonds is 4. The lowest BCUT2D eigenvalue weighted by Crippen LogP contribution is -2.00. The minimum Gasteiger partial charge on any atom is -0.399 e. The number of nitrogen functional groups attached to an aromatic ring is 1. The summed E-state index contributed by atoms with van der Waals surface area (Å²) in [6.07, 6.45) is 0.828. The van der Waals surface area contributed by atoms with Crippen LogP contribution in [-0.2, 0) is 17.2 Å². The molecule has 3 aromatic rings. The Morgan fingerprint density at radius 2 is 2.21 bits per heavy atom. The van der Waals surface area contributed by atoms with Crippen LogP contribution in [0.4, 0.5) is 5.69 Å². The molecule has 0 bridgehead atoms. The third kappa shape index (κ3) is 2.86. The SMILES string of the molecule is Nc1ccc2nc(S(=O)CCc3ccsc3)sc2c1. The Morgan fingerprint density at radius 1 is 1.32 bits per heavy atom. The van der Waals surface area contributed by atoms with Crippen molar-refractivity contribution >= 4 is 49.4 Å². The maximum atomic E-state index is 12.2. The summed E-state index contributed by atoms with van der Waals surface area (Å²) >= 11 is 3.13. The summed E-state index contributed by atoms with van der Waals surface area (Å²) in [7, 11) is -1.04. The summed E-state index contributed by atoms with van der Waals surface area (Å²) in [4.78, 5) is 4.42. The van der Waals surface area contributed by atoms with Crippen LogP contribution < -0.4 is 5.73 Å². The van der Waals surface area contributed by atoms with E-state index in [9.17, 15) is 4.21 Å². The maximum absolute atomic E-state index is 12.2. The van der Waals surface area contributed by atoms with Crippen molar-refractivity contribution in [2.45, 2.75) is 10.8 Å². The Labute approximate surface area is 121 Å². The summed E-state index contributed by atoms with van der Waals surface area (Å²) < 4.78 is 13.9. The number of nitrogens with two attached hydrogens (primary N) is 1. The minimum absolute atomic E-state index is 0.617. The van der Waals surface area contributed by atoms with E-state index in [1.807, 2.05) is 23.6 Å². The third-order valence-electron chi connectivity index (χ3n) is 2.74. The number of aryl methyl sites for hydroxylation is 1. The number of hydrogen-bond acceptors (Lipinski definition) is 5. The standard InChI is InChI=1S/C13H12N2OS3/c14-10-1-2-11-12(7-10)18-13(15-11)19(16)6-4-9-3-5-17-8-9/h1-3,5,7-8H,4,6,14H2. The first-order valence-corrected chi connectivity index (χ1v) is 8.86. The van der Waals surface area contributed by atoms with Gasteiger partial charge >= 0.3 is 0 Å². The molecule has 0 saturated carbocycles. The fourth-order valence-electron chi connectivity index (χ4n) is 1.75. The molecule has 6 heteroatoms. The van der Waals surface area contributed by atoms with Crippen LogP contribution in [0.1, 0.15) is 5.56 Å². The van der Waals surface area contributed by atoms with Crippen LogP contribution in [0.15, 0.2) is 39.4 Å². The normalized spacial score (nSPS) is 12.8. The van der Waals surface area contributed by atoms with E-state index < -0.39 is 10.8 Å². The molecule has 1 unspecified atom stereocenters. The summed E-state index contributed by atoms with van der Waals surface area (Å²) in [5, 5.41) is 4.13. The highest BCUT2D eigenvalue weighted by Crippen LogP contribution is 2.26. The molecule has 0 spiro atoms. The first-order chi connectivity index (χ1) is 9.22. The van der Waals surface area contributed by atoms with Crippen LogP contribution in [0.2, 0.25) is 0 Å². The number of nitrogens with zero attached hydrogens (tertiary/aromatic N) is 1. The highest BCUT2D eigenvalue weighted by Gasteiger charge is 2.11. The predicted molar refractivity (Wildman–Crippen MR) is 83.3 cm³/mol. The van der Waals surface area contributed by atoms with Gasteiger partial charge in [0.15, 0.2) is 4.34 Å². The molecular formula is C13H12N2OS3. The Morgan fingerprint density at radius 3 is 3.00 bits per heavy atom. The topological polar surface area (TPSA) is 56.0 Å². The largest absolute Gasteiger partial charge is 0.399 e. The molecule has 0 aliphatic heterocycles. The van der Waals surface area contributed by atoms with E-state index in [1.54, 1.807) is 11.3 Å². The van der Waals surface area contributed by atoms with Gasteiger partial charge in [-0.25, -0.2) is 4.98 Å². The molecule has 2 heterocycles. The monoisotopic (exact) mass is 308 g/mol. The third-order valence-corrected chi connectivity index (χ3v) is 6.15. The molecule has 3 nitrogen and oxygen atoms in total. The van der Waals surface area contributed by atoms with Gasteiger partial charge in [0, 0.05) is 11.4 Å². The van der Waals surface area contributed by atoms with E-state index in [1.165, 1.54) is 16.9 Å². The molecular weight excluding hydrogens is 296 g/mol. The second kappa shape index (κ2) is 5.40. The molecule has 0 saturated heterocycles. The maximum Gasteiger partial charge on any atom is 0.181 e. The number of fused-ring (bicyclic) bond motifs is 1. The lowest BCUT2D eigenvalue weighted by atomic mass is 10.3. The van der Waals surface area contributed by atoms with E-state index in [2.05, 4.69) is 16.4 Å². The molecule has 0 amide bonds. The quantitative estimate of drug-likeness (QED) is 0.752. The van der Waals surface area contributed by atoms with Gasteiger partial charge in [0.05, 0.1) is 21.0 Å². The molecule has 0 aliphatic rings. The van der Waals surface area contributed by atoms with Crippen molar-refractivity contribution in [1.29, 1.82) is 0 Å². The van der Waals surface area contributed by atoms with Crippen LogP contribution >= 0.6 is 22.7 Å². The number of anilines is 1. The molecule has 2 N–H and O–H groups in total. The average molecular weight is 308 g/mol. The van der Waals surface area contributed by atoms with Gasteiger partial charge in [0.2, 0.25) is 0 Å². The van der Waals surface area contributed by atoms with Crippen LogP contribution in [0, 0.1) is 0 Å². The lowest BCUT2D eigenvalue weighted by molar-refractivity contribution is 0.682. The van der Waals surface area contributed by atoms with Crippen molar-refractivity contribution in [3.05, 3.63) is 40.6 Å². The van der Waals surface area contributed by atoms with Gasteiger partial charge in [-0.2, -0.15) is 11.3 Å². The van der Waals surface area contributed by atoms with E-state index in [0.717, 1.165) is 16.6 Å². The fourth-order valence-corrected chi connectivity index (χ4v) is 4.89. The van der Waals surface area contributed by atoms with Crippen LogP contribution in [-0.4, -0.2) is 14.9 Å². The smallest absolute Gasteiger partial charge is 0.181 e. The van der Waals surface area contributed by atoms with E-state index in [4.69, 9.17) is 5.73 Å². The number of aromatic nitrogens is 1. The fraction of sp³-hybridized carbons (Fsp3) is 0.154. The Balaban J connectivity index is 1.77. The van der Waals surface area contributed by atoms with Gasteiger partial charge in [-0.05, 0) is 47.0 Å². The van der Waals surface area contributed by atoms with E-state index in [-0.39, 0.29) is 0 Å². The first kappa shape index (κ1) is 12.8. The van der Waals surface area contributed by atoms with Gasteiger partial charge < -0.3 is 5.73 Å². The first-order valence-electron chi connectivity index (χ1n) is 5.78. The van der Waals surface area contributed by atoms with Crippen molar-refractivity contribution in [3.8, 4) is 0 Å². The number of thiophene rings is 1. The van der Waals surface area contributed by atoms with Gasteiger partial charge in [-0.1, -0.05) is 0 Å². The van der Waals surface area contributed by atoms with Crippen molar-refractivity contribution in [1.82, 2.24) is 4.98 Å². The zero-order chi connectivity index (χ0) is 13.2. The summed E-state index contributed by atoms with van der Waals surface area (Å²) in [6, 6.07) is 7.65. The van der Waals surface area contributed by atoms with Crippen LogP contribution in [0.3, 0.4) is 0 Å². The second-order valence-corrected chi connectivity index (χ2v) is 7.69. The molecule has 1 atom stereocenters. The van der Waals surface area contributed by atoms with Gasteiger partial charge in [-0.3, -0.25) is 4.21 Å². The molecule has 0 radical (unpaired) electrons. The van der Waals surface area contributed by atoms with Crippen LogP contribution in [0.5, 0.6) is 0 Å². The summed E-state index contributed by atoms with van der Waals surface area (Å²) in [5.74, 6) is 0.617. The van der Waals surface area contributed by atoms with Crippen LogP contribution in [0.25, 0.3) is 10.2 Å². The number of benzene rings is 1. The predicted octanol–water partition coefficient (Wildman–Crippen LogP) is 3.29. The van der Waals surface area contributed by atoms with Gasteiger partial charge in [0.25, 0.3) is 0 Å². The van der Waals surface area contributed by atoms with E-state index in [0.29, 0.717) is 15.8 Å². The number of thiazole rings is 1. The molecule has 19 heavy (non-hydrogen) atoms. The van der Waals surface area contributed by atoms with E-state index >= 15 is 0 Å². The van der Waals surface area contributed by atoms with Gasteiger partial charge in [-0.15, -0.1) is 11.3 Å². The highest BCUT2D eigenvalue weighted by atomic mass is 32.2. The Hall–Kier alpha value is -1.24. The number of hydrogen-bond donors (Lipinski definition) is 1. The zero-order valence-corrected chi connectivity index (χ0v) is 12.5. The Kier molecular flexibility index (Phi) is 3.63. The zero-order valence-electron chi connectivity index (χ0n) is 10.0. The average Bonchev–Trinajstić information content (AvgIpc) is 3.04. The minimum atomic E-state index is -1.04. The van der Waals surface area contributed by atoms with Gasteiger partial charge in [0.1, 0.15) is 0 Å². The molecule has 1 aromatic carbocycles. The molecule has 3 rings (SSSR count). The summed E-state index contributed by atoms with van der Waals surface area (Å²) in [6.45, 7) is 0. The summed E-state index contributed by atoms with van der Waals surface area (Å²) in [5.41, 5.74) is 8.56. The Bertz CT molecular complexity index is 719. The molecule has 2 aromatic heterocycles.